The minimum Gasteiger partial charge on any atom is -0.379 e. The van der Waals surface area contributed by atoms with Gasteiger partial charge in [0, 0.05) is 12.7 Å². The van der Waals surface area contributed by atoms with Crippen LogP contribution in [0.2, 0.25) is 0 Å². The Morgan fingerprint density at radius 3 is 2.76 bits per heavy atom. The molecule has 0 saturated heterocycles. The zero-order valence-corrected chi connectivity index (χ0v) is 9.33. The molecule has 6 heteroatoms. The SMILES string of the molecule is Cn1cnc([N+](=O)[O-])c1CNc1ccccc1. The molecule has 0 saturated carbocycles. The highest BCUT2D eigenvalue weighted by molar-refractivity contribution is 5.44. The van der Waals surface area contributed by atoms with Crippen LogP contribution in [0.1, 0.15) is 5.69 Å². The van der Waals surface area contributed by atoms with Crippen molar-refractivity contribution in [1.82, 2.24) is 9.55 Å². The molecule has 0 aliphatic carbocycles. The number of imidazole rings is 1. The Bertz CT molecular complexity index is 522. The molecule has 0 spiro atoms. The second-order valence-corrected chi connectivity index (χ2v) is 3.60. The zero-order valence-electron chi connectivity index (χ0n) is 9.33. The van der Waals surface area contributed by atoms with Crippen LogP contribution in [0.25, 0.3) is 0 Å². The van der Waals surface area contributed by atoms with Crippen LogP contribution >= 0.6 is 0 Å². The Kier molecular flexibility index (Phi) is 3.04. The molecule has 0 bridgehead atoms. The third-order valence-electron chi connectivity index (χ3n) is 2.44. The normalized spacial score (nSPS) is 10.2. The number of para-hydroxylation sites is 1. The average Bonchev–Trinajstić information content (AvgIpc) is 2.69. The van der Waals surface area contributed by atoms with Gasteiger partial charge < -0.3 is 20.0 Å². The second-order valence-electron chi connectivity index (χ2n) is 3.60. The molecule has 0 fully saturated rings. The number of nitrogens with zero attached hydrogens (tertiary/aromatic N) is 3. The van der Waals surface area contributed by atoms with Crippen molar-refractivity contribution in [1.29, 1.82) is 0 Å². The lowest BCUT2D eigenvalue weighted by Crippen LogP contribution is -2.06. The topological polar surface area (TPSA) is 73.0 Å². The van der Waals surface area contributed by atoms with Crippen molar-refractivity contribution in [2.75, 3.05) is 5.32 Å². The Morgan fingerprint density at radius 1 is 1.41 bits per heavy atom. The van der Waals surface area contributed by atoms with Crippen molar-refractivity contribution < 1.29 is 4.92 Å². The van der Waals surface area contributed by atoms with E-state index >= 15 is 0 Å². The standard InChI is InChI=1S/C11H12N4O2/c1-14-8-13-11(15(16)17)10(14)7-12-9-5-3-2-4-6-9/h2-6,8,12H,7H2,1H3. The maximum absolute atomic E-state index is 10.7. The number of nitrogens with one attached hydrogen (secondary N) is 1. The predicted molar refractivity (Wildman–Crippen MR) is 63.6 cm³/mol. The molecule has 0 aliphatic heterocycles. The molecule has 88 valence electrons. The van der Waals surface area contributed by atoms with E-state index in [9.17, 15) is 10.1 Å². The second kappa shape index (κ2) is 4.65. The lowest BCUT2D eigenvalue weighted by Gasteiger charge is -2.06. The van der Waals surface area contributed by atoms with E-state index in [2.05, 4.69) is 10.3 Å². The number of hydrogen-bond donors (Lipinski definition) is 1. The van der Waals surface area contributed by atoms with Crippen molar-refractivity contribution in [2.45, 2.75) is 6.54 Å². The third kappa shape index (κ3) is 2.41. The number of rotatable bonds is 4. The fraction of sp³-hybridized carbons (Fsp3) is 0.182. The van der Waals surface area contributed by atoms with E-state index in [4.69, 9.17) is 0 Å². The van der Waals surface area contributed by atoms with Crippen molar-refractivity contribution >= 4 is 11.5 Å². The molecule has 1 heterocycles. The van der Waals surface area contributed by atoms with Crippen LogP contribution in [-0.2, 0) is 13.6 Å². The summed E-state index contributed by atoms with van der Waals surface area (Å²) < 4.78 is 1.65. The van der Waals surface area contributed by atoms with E-state index in [1.807, 2.05) is 30.3 Å². The largest absolute Gasteiger partial charge is 0.386 e. The Morgan fingerprint density at radius 2 is 2.12 bits per heavy atom. The number of anilines is 1. The van der Waals surface area contributed by atoms with Gasteiger partial charge >= 0.3 is 5.82 Å². The van der Waals surface area contributed by atoms with Gasteiger partial charge in [0.1, 0.15) is 5.69 Å². The molecular weight excluding hydrogens is 220 g/mol. The highest BCUT2D eigenvalue weighted by Gasteiger charge is 2.19. The summed E-state index contributed by atoms with van der Waals surface area (Å²) in [6, 6.07) is 9.53. The summed E-state index contributed by atoms with van der Waals surface area (Å²) in [4.78, 5) is 14.0. The summed E-state index contributed by atoms with van der Waals surface area (Å²) in [5.41, 5.74) is 1.47. The molecule has 17 heavy (non-hydrogen) atoms. The zero-order chi connectivity index (χ0) is 12.3. The minimum absolute atomic E-state index is 0.101. The molecule has 1 N–H and O–H groups in total. The highest BCUT2D eigenvalue weighted by Crippen LogP contribution is 2.16. The van der Waals surface area contributed by atoms with Gasteiger partial charge in [0.25, 0.3) is 0 Å². The molecule has 0 amide bonds. The summed E-state index contributed by atoms with van der Waals surface area (Å²) >= 11 is 0. The van der Waals surface area contributed by atoms with Crippen LogP contribution in [-0.4, -0.2) is 14.5 Å². The fourth-order valence-corrected chi connectivity index (χ4v) is 1.54. The van der Waals surface area contributed by atoms with Crippen molar-refractivity contribution in [3.8, 4) is 0 Å². The maximum Gasteiger partial charge on any atom is 0.386 e. The molecule has 1 aromatic carbocycles. The summed E-state index contributed by atoms with van der Waals surface area (Å²) in [5, 5.41) is 13.9. The number of aryl methyl sites for hydroxylation is 1. The highest BCUT2D eigenvalue weighted by atomic mass is 16.6. The molecule has 0 atom stereocenters. The van der Waals surface area contributed by atoms with Gasteiger partial charge in [-0.3, -0.25) is 0 Å². The Balaban J connectivity index is 2.14. The molecule has 6 nitrogen and oxygen atoms in total. The number of benzene rings is 1. The van der Waals surface area contributed by atoms with E-state index in [1.165, 1.54) is 6.33 Å². The summed E-state index contributed by atoms with van der Waals surface area (Å²) in [5.74, 6) is -0.101. The first kappa shape index (κ1) is 11.1. The van der Waals surface area contributed by atoms with Crippen LogP contribution in [0.15, 0.2) is 36.7 Å². The quantitative estimate of drug-likeness (QED) is 0.645. The van der Waals surface area contributed by atoms with Crippen LogP contribution in [0.5, 0.6) is 0 Å². The summed E-state index contributed by atoms with van der Waals surface area (Å²) in [6.45, 7) is 0.372. The van der Waals surface area contributed by atoms with Crippen molar-refractivity contribution in [3.63, 3.8) is 0 Å². The minimum atomic E-state index is -0.470. The molecule has 0 radical (unpaired) electrons. The van der Waals surface area contributed by atoms with Crippen molar-refractivity contribution in [2.24, 2.45) is 7.05 Å². The van der Waals surface area contributed by atoms with Gasteiger partial charge in [-0.15, -0.1) is 0 Å². The fourth-order valence-electron chi connectivity index (χ4n) is 1.54. The number of aromatic nitrogens is 2. The van der Waals surface area contributed by atoms with E-state index < -0.39 is 4.92 Å². The number of hydrogen-bond acceptors (Lipinski definition) is 4. The molecule has 2 aromatic rings. The van der Waals surface area contributed by atoms with E-state index in [0.29, 0.717) is 12.2 Å². The lowest BCUT2D eigenvalue weighted by atomic mass is 10.3. The monoisotopic (exact) mass is 232 g/mol. The maximum atomic E-state index is 10.7. The van der Waals surface area contributed by atoms with Gasteiger partial charge in [0.05, 0.1) is 6.54 Å². The average molecular weight is 232 g/mol. The van der Waals surface area contributed by atoms with Gasteiger partial charge in [0.2, 0.25) is 6.33 Å². The van der Waals surface area contributed by atoms with Gasteiger partial charge in [-0.05, 0) is 22.0 Å². The van der Waals surface area contributed by atoms with Crippen LogP contribution < -0.4 is 5.32 Å². The Labute approximate surface area is 98.1 Å². The predicted octanol–water partition coefficient (Wildman–Crippen LogP) is 1.94. The smallest absolute Gasteiger partial charge is 0.379 e. The molecular formula is C11H12N4O2. The van der Waals surface area contributed by atoms with E-state index in [-0.39, 0.29) is 5.82 Å². The van der Waals surface area contributed by atoms with Gasteiger partial charge in [-0.2, -0.15) is 0 Å². The van der Waals surface area contributed by atoms with Crippen LogP contribution in [0, 0.1) is 10.1 Å². The molecule has 2 rings (SSSR count). The van der Waals surface area contributed by atoms with Gasteiger partial charge in [-0.25, -0.2) is 0 Å². The Hall–Kier alpha value is -2.37. The van der Waals surface area contributed by atoms with Gasteiger partial charge in [0.15, 0.2) is 0 Å². The molecule has 0 aliphatic rings. The first-order valence-corrected chi connectivity index (χ1v) is 5.12. The first-order valence-electron chi connectivity index (χ1n) is 5.12. The van der Waals surface area contributed by atoms with E-state index in [1.54, 1.807) is 11.6 Å². The molecule has 0 unspecified atom stereocenters. The van der Waals surface area contributed by atoms with Crippen molar-refractivity contribution in [3.05, 3.63) is 52.5 Å². The summed E-state index contributed by atoms with van der Waals surface area (Å²) in [7, 11) is 1.74. The lowest BCUT2D eigenvalue weighted by molar-refractivity contribution is -0.390. The van der Waals surface area contributed by atoms with Crippen LogP contribution in [0.3, 0.4) is 0 Å². The summed E-state index contributed by atoms with van der Waals surface area (Å²) in [6.07, 6.45) is 1.44. The third-order valence-corrected chi connectivity index (χ3v) is 2.44. The first-order chi connectivity index (χ1) is 8.18. The number of nitro groups is 1. The van der Waals surface area contributed by atoms with E-state index in [0.717, 1.165) is 5.69 Å². The van der Waals surface area contributed by atoms with Crippen LogP contribution in [0.4, 0.5) is 11.5 Å². The molecule has 1 aromatic heterocycles. The van der Waals surface area contributed by atoms with Gasteiger partial charge in [-0.1, -0.05) is 18.2 Å².